The van der Waals surface area contributed by atoms with Gasteiger partial charge in [-0.15, -0.1) is 5.92 Å². The molecule has 1 aromatic carbocycles. The van der Waals surface area contributed by atoms with Gasteiger partial charge in [0.1, 0.15) is 18.4 Å². The number of benzene rings is 1. The molecule has 0 bridgehead atoms. The first-order valence-electron chi connectivity index (χ1n) is 18.8. The number of methoxy groups -OCH3 is 1. The summed E-state index contributed by atoms with van der Waals surface area (Å²) in [5, 5.41) is 36.0. The molecule has 1 aliphatic heterocycles. The number of aliphatic hydroxyl groups is 2. The molecule has 0 saturated carbocycles. The molecule has 0 spiro atoms. The molecule has 1 saturated heterocycles. The van der Waals surface area contributed by atoms with Gasteiger partial charge < -0.3 is 44.9 Å². The maximum Gasteiger partial charge on any atom is 0.336 e. The van der Waals surface area contributed by atoms with Gasteiger partial charge in [-0.05, 0) is 50.3 Å². The number of aliphatic hydroxyl groups excluding tert-OH is 1. The number of amides is 2. The summed E-state index contributed by atoms with van der Waals surface area (Å²) in [5.41, 5.74) is -1.79. The third kappa shape index (κ3) is 16.0. The molecule has 0 aromatic heterocycles. The fourth-order valence-corrected chi connectivity index (χ4v) is 6.19. The Labute approximate surface area is 310 Å². The number of carboxylic acids is 1. The zero-order valence-electron chi connectivity index (χ0n) is 31.5. The van der Waals surface area contributed by atoms with Gasteiger partial charge in [0.25, 0.3) is 0 Å². The summed E-state index contributed by atoms with van der Waals surface area (Å²) in [7, 11) is 1.38. The van der Waals surface area contributed by atoms with Crippen LogP contribution in [0.3, 0.4) is 0 Å². The van der Waals surface area contributed by atoms with E-state index in [9.17, 15) is 29.7 Å². The van der Waals surface area contributed by atoms with Crippen molar-refractivity contribution < 1.29 is 48.7 Å². The number of hydrogen-bond acceptors (Lipinski definition) is 9. The van der Waals surface area contributed by atoms with E-state index in [4.69, 9.17) is 18.9 Å². The van der Waals surface area contributed by atoms with E-state index in [1.54, 1.807) is 37.3 Å². The highest BCUT2D eigenvalue weighted by Crippen LogP contribution is 2.32. The molecule has 12 nitrogen and oxygen atoms in total. The van der Waals surface area contributed by atoms with Crippen LogP contribution in [-0.2, 0) is 35.0 Å². The summed E-state index contributed by atoms with van der Waals surface area (Å²) in [6, 6.07) is 5.82. The summed E-state index contributed by atoms with van der Waals surface area (Å²) < 4.78 is 22.7. The number of carboxylic acid groups (broad SMARTS) is 1. The van der Waals surface area contributed by atoms with Crippen LogP contribution in [0.4, 0.5) is 0 Å². The number of unbranched alkanes of at least 4 members (excludes halogenated alkanes) is 8. The number of carbonyl (C=O) groups excluding carboxylic acids is 2. The molecule has 1 aromatic rings. The minimum atomic E-state index is -2.49. The summed E-state index contributed by atoms with van der Waals surface area (Å²) in [5.74, 6) is 1.21. The van der Waals surface area contributed by atoms with Crippen LogP contribution in [0.15, 0.2) is 36.4 Å². The molecule has 292 valence electrons. The van der Waals surface area contributed by atoms with E-state index in [1.807, 2.05) is 0 Å². The maximum atomic E-state index is 13.8. The van der Waals surface area contributed by atoms with Crippen LogP contribution < -0.4 is 15.4 Å². The molecule has 12 heteroatoms. The predicted octanol–water partition coefficient (Wildman–Crippen LogP) is 4.69. The average Bonchev–Trinajstić information content (AvgIpc) is 3.61. The van der Waals surface area contributed by atoms with Crippen molar-refractivity contribution in [1.29, 1.82) is 0 Å². The second-order valence-corrected chi connectivity index (χ2v) is 13.2. The molecule has 2 unspecified atom stereocenters. The largest absolute Gasteiger partial charge is 0.481 e. The van der Waals surface area contributed by atoms with Crippen LogP contribution in [0.1, 0.15) is 103 Å². The number of ether oxygens (including phenoxy) is 4. The Hall–Kier alpha value is -3.47. The highest BCUT2D eigenvalue weighted by Gasteiger charge is 2.47. The zero-order valence-corrected chi connectivity index (χ0v) is 31.5. The highest BCUT2D eigenvalue weighted by atomic mass is 16.7. The number of carbonyl (C=O) groups is 3. The molecular weight excluding hydrogens is 668 g/mol. The highest BCUT2D eigenvalue weighted by molar-refractivity contribution is 5.93. The van der Waals surface area contributed by atoms with Gasteiger partial charge >= 0.3 is 5.97 Å². The number of rotatable bonds is 28. The lowest BCUT2D eigenvalue weighted by Gasteiger charge is -2.31. The molecule has 1 fully saturated rings. The first kappa shape index (κ1) is 44.7. The van der Waals surface area contributed by atoms with E-state index in [1.165, 1.54) is 38.9 Å². The maximum absolute atomic E-state index is 13.8. The lowest BCUT2D eigenvalue weighted by atomic mass is 9.83. The Morgan fingerprint density at radius 2 is 1.65 bits per heavy atom. The van der Waals surface area contributed by atoms with Gasteiger partial charge in [0.05, 0.1) is 25.7 Å². The van der Waals surface area contributed by atoms with Crippen molar-refractivity contribution in [2.75, 3.05) is 46.7 Å². The molecule has 2 rings (SSSR count). The molecule has 5 N–H and O–H groups in total. The first-order valence-corrected chi connectivity index (χ1v) is 18.8. The van der Waals surface area contributed by atoms with E-state index in [-0.39, 0.29) is 39.2 Å². The molecule has 0 radical (unpaired) electrons. The third-order valence-electron chi connectivity index (χ3n) is 9.23. The second-order valence-electron chi connectivity index (χ2n) is 13.2. The van der Waals surface area contributed by atoms with E-state index in [0.29, 0.717) is 30.9 Å². The zero-order chi connectivity index (χ0) is 38.1. The minimum Gasteiger partial charge on any atom is -0.481 e. The number of allylic oxidation sites excluding steroid dienone is 1. The smallest absolute Gasteiger partial charge is 0.336 e. The number of hydrogen-bond donors (Lipinski definition) is 5. The van der Waals surface area contributed by atoms with Crippen molar-refractivity contribution in [3.05, 3.63) is 42.0 Å². The fraction of sp³-hybridized carbons (Fsp3) is 0.675. The van der Waals surface area contributed by atoms with Gasteiger partial charge in [0, 0.05) is 45.9 Å². The minimum absolute atomic E-state index is 0.0350. The van der Waals surface area contributed by atoms with Crippen molar-refractivity contribution in [2.45, 2.75) is 121 Å². The predicted molar refractivity (Wildman–Crippen MR) is 199 cm³/mol. The lowest BCUT2D eigenvalue weighted by Crippen LogP contribution is -2.56. The second kappa shape index (κ2) is 25.5. The van der Waals surface area contributed by atoms with Crippen molar-refractivity contribution in [3.8, 4) is 17.6 Å². The van der Waals surface area contributed by atoms with E-state index in [0.717, 1.165) is 44.9 Å². The molecule has 1 heterocycles. The number of nitrogens with one attached hydrogen (secondary N) is 2. The van der Waals surface area contributed by atoms with Gasteiger partial charge in [0.2, 0.25) is 11.8 Å². The Balaban J connectivity index is 2.08. The molecular formula is C40H62N2O10. The topological polar surface area (TPSA) is 173 Å². The summed E-state index contributed by atoms with van der Waals surface area (Å²) in [6.07, 6.45) is 14.8. The van der Waals surface area contributed by atoms with Gasteiger partial charge in [-0.1, -0.05) is 75.7 Å². The summed E-state index contributed by atoms with van der Waals surface area (Å²) in [4.78, 5) is 39.4. The van der Waals surface area contributed by atoms with E-state index < -0.39 is 41.1 Å². The van der Waals surface area contributed by atoms with E-state index >= 15 is 0 Å². The summed E-state index contributed by atoms with van der Waals surface area (Å²) >= 11 is 0. The Kier molecular flexibility index (Phi) is 21.9. The molecule has 52 heavy (non-hydrogen) atoms. The first-order chi connectivity index (χ1) is 25.1. The standard InChI is InChI=1S/C40H62N2O10/c1-4-6-8-12-15-22-39(51-29-30-52-39)23-16-13-10-9-11-14-17-34(40(48,38(46)47)24-28-49-3)36(44)42-35(37(45)41-25-26-43)31-32-18-20-33(21-19-32)50-27-7-5-2/h14,17-21,34-35,43,48H,4,6,8-13,15-16,22-31H2,1-3H3,(H,41,45)(H,42,44)(H,46,47)/b17-14+/t34?,35-,40?/m0/s1. The molecule has 3 atom stereocenters. The SMILES string of the molecule is CC#CCOc1ccc(C[C@H](NC(=O)C(/C=C/CCCCCCC2(CCCCCCC)OCCO2)C(O)(CCOC)C(=O)O)C(=O)NCCO)cc1. The van der Waals surface area contributed by atoms with Crippen molar-refractivity contribution >= 4 is 17.8 Å². The van der Waals surface area contributed by atoms with E-state index in [2.05, 4.69) is 29.4 Å². The van der Waals surface area contributed by atoms with Crippen LogP contribution in [0, 0.1) is 17.8 Å². The molecule has 2 amide bonds. The third-order valence-corrected chi connectivity index (χ3v) is 9.23. The van der Waals surface area contributed by atoms with Crippen LogP contribution in [-0.4, -0.2) is 97.2 Å². The number of aliphatic carboxylic acids is 1. The van der Waals surface area contributed by atoms with Gasteiger partial charge in [-0.3, -0.25) is 9.59 Å². The van der Waals surface area contributed by atoms with Crippen LogP contribution >= 0.6 is 0 Å². The monoisotopic (exact) mass is 730 g/mol. The van der Waals surface area contributed by atoms with Gasteiger partial charge in [-0.25, -0.2) is 4.79 Å². The average molecular weight is 731 g/mol. The van der Waals surface area contributed by atoms with Gasteiger partial charge in [-0.2, -0.15) is 0 Å². The Bertz CT molecular complexity index is 1270. The Morgan fingerprint density at radius 3 is 2.25 bits per heavy atom. The lowest BCUT2D eigenvalue weighted by molar-refractivity contribution is -0.169. The normalized spacial score (nSPS) is 16.0. The van der Waals surface area contributed by atoms with Gasteiger partial charge in [0.15, 0.2) is 11.4 Å². The van der Waals surface area contributed by atoms with Crippen molar-refractivity contribution in [2.24, 2.45) is 5.92 Å². The van der Waals surface area contributed by atoms with Crippen LogP contribution in [0.2, 0.25) is 0 Å². The van der Waals surface area contributed by atoms with Crippen LogP contribution in [0.25, 0.3) is 0 Å². The molecule has 1 aliphatic rings. The fourth-order valence-electron chi connectivity index (χ4n) is 6.19. The van der Waals surface area contributed by atoms with Crippen LogP contribution in [0.5, 0.6) is 5.75 Å². The molecule has 0 aliphatic carbocycles. The summed E-state index contributed by atoms with van der Waals surface area (Å²) in [6.45, 7) is 4.98. The quantitative estimate of drug-likeness (QED) is 0.0463. The van der Waals surface area contributed by atoms with Crippen molar-refractivity contribution in [1.82, 2.24) is 10.6 Å². The Morgan fingerprint density at radius 1 is 1.00 bits per heavy atom. The van der Waals surface area contributed by atoms with Crippen molar-refractivity contribution in [3.63, 3.8) is 0 Å².